The van der Waals surface area contributed by atoms with Gasteiger partial charge in [-0.2, -0.15) is 0 Å². The van der Waals surface area contributed by atoms with Crippen LogP contribution in [-0.2, 0) is 10.2 Å². The van der Waals surface area contributed by atoms with Crippen molar-refractivity contribution in [3.63, 3.8) is 0 Å². The van der Waals surface area contributed by atoms with Gasteiger partial charge in [0.05, 0.1) is 6.61 Å². The normalized spacial score (nSPS) is 16.2. The van der Waals surface area contributed by atoms with Crippen molar-refractivity contribution >= 4 is 11.8 Å². The lowest BCUT2D eigenvalue weighted by Gasteiger charge is -2.39. The molecule has 25 heavy (non-hydrogen) atoms. The van der Waals surface area contributed by atoms with Gasteiger partial charge in [-0.15, -0.1) is 0 Å². The Morgan fingerprint density at radius 1 is 1.08 bits per heavy atom. The molecule has 0 spiro atoms. The zero-order chi connectivity index (χ0) is 17.7. The van der Waals surface area contributed by atoms with Crippen LogP contribution in [0.2, 0.25) is 0 Å². The fourth-order valence-corrected chi connectivity index (χ4v) is 3.86. The van der Waals surface area contributed by atoms with Crippen molar-refractivity contribution in [2.45, 2.75) is 44.4 Å². The topological polar surface area (TPSA) is 58.6 Å². The Morgan fingerprint density at radius 3 is 2.48 bits per heavy atom. The first kappa shape index (κ1) is 17.3. The van der Waals surface area contributed by atoms with Gasteiger partial charge in [-0.1, -0.05) is 43.5 Å². The average Bonchev–Trinajstić information content (AvgIpc) is 2.63. The fourth-order valence-electron chi connectivity index (χ4n) is 3.86. The van der Waals surface area contributed by atoms with Gasteiger partial charge in [-0.3, -0.25) is 5.32 Å². The molecule has 1 saturated carbocycles. The maximum Gasteiger partial charge on any atom is 0.411 e. The van der Waals surface area contributed by atoms with Crippen molar-refractivity contribution in [1.82, 2.24) is 0 Å². The molecule has 1 aliphatic rings. The molecule has 1 amide bonds. The first-order chi connectivity index (χ1) is 12.1. The summed E-state index contributed by atoms with van der Waals surface area (Å²) in [5.74, 6) is 0.285. The minimum absolute atomic E-state index is 0.0711. The maximum atomic E-state index is 11.7. The molecule has 0 atom stereocenters. The Balaban J connectivity index is 1.96. The van der Waals surface area contributed by atoms with Crippen molar-refractivity contribution in [1.29, 1.82) is 0 Å². The molecule has 2 aromatic carbocycles. The van der Waals surface area contributed by atoms with Gasteiger partial charge < -0.3 is 9.84 Å². The van der Waals surface area contributed by atoms with Gasteiger partial charge >= 0.3 is 6.09 Å². The second-order valence-electron chi connectivity index (χ2n) is 6.62. The Labute approximate surface area is 148 Å². The molecule has 0 radical (unpaired) electrons. The first-order valence-corrected chi connectivity index (χ1v) is 8.98. The number of hydrogen-bond donors (Lipinski definition) is 2. The molecule has 2 N–H and O–H groups in total. The van der Waals surface area contributed by atoms with Gasteiger partial charge in [0.2, 0.25) is 0 Å². The first-order valence-electron chi connectivity index (χ1n) is 8.98. The molecule has 2 aromatic rings. The van der Waals surface area contributed by atoms with Crippen LogP contribution < -0.4 is 5.32 Å². The van der Waals surface area contributed by atoms with E-state index in [1.165, 1.54) is 30.4 Å². The summed E-state index contributed by atoms with van der Waals surface area (Å²) >= 11 is 0. The fraction of sp³-hybridized carbons (Fsp3) is 0.381. The number of rotatable bonds is 4. The summed E-state index contributed by atoms with van der Waals surface area (Å²) < 4.78 is 4.98. The minimum atomic E-state index is -0.429. The molecule has 0 unspecified atom stereocenters. The van der Waals surface area contributed by atoms with E-state index >= 15 is 0 Å². The lowest BCUT2D eigenvalue weighted by molar-refractivity contribution is 0.168. The third kappa shape index (κ3) is 3.78. The van der Waals surface area contributed by atoms with Gasteiger partial charge in [0.15, 0.2) is 0 Å². The zero-order valence-electron chi connectivity index (χ0n) is 14.6. The summed E-state index contributed by atoms with van der Waals surface area (Å²) in [7, 11) is 0. The van der Waals surface area contributed by atoms with Crippen LogP contribution in [0.1, 0.15) is 50.2 Å². The number of ether oxygens (including phenoxy) is 1. The van der Waals surface area contributed by atoms with E-state index in [0.717, 1.165) is 18.5 Å². The standard InChI is InChI=1S/C21H25NO3/c1-2-25-20(24)22-18-8-6-7-17(15-18)21(13-4-3-5-14-21)16-9-11-19(23)12-10-16/h6-12,15,23H,2-5,13-14H2,1H3,(H,22,24). The molecular weight excluding hydrogens is 314 g/mol. The monoisotopic (exact) mass is 339 g/mol. The third-order valence-corrected chi connectivity index (χ3v) is 5.06. The van der Waals surface area contributed by atoms with Gasteiger partial charge in [0, 0.05) is 11.1 Å². The number of phenols is 1. The summed E-state index contributed by atoms with van der Waals surface area (Å²) in [6.07, 6.45) is 5.32. The molecule has 4 heteroatoms. The second-order valence-corrected chi connectivity index (χ2v) is 6.62. The smallest absolute Gasteiger partial charge is 0.411 e. The van der Waals surface area contributed by atoms with E-state index in [-0.39, 0.29) is 11.2 Å². The molecule has 0 bridgehead atoms. The summed E-state index contributed by atoms with van der Waals surface area (Å²) in [6.45, 7) is 2.14. The molecular formula is C21H25NO3. The summed E-state index contributed by atoms with van der Waals surface area (Å²) in [6, 6.07) is 15.6. The number of carbonyl (C=O) groups excluding carboxylic acids is 1. The maximum absolute atomic E-state index is 11.7. The van der Waals surface area contributed by atoms with Crippen molar-refractivity contribution in [3.05, 3.63) is 59.7 Å². The number of benzene rings is 2. The number of amides is 1. The van der Waals surface area contributed by atoms with Crippen LogP contribution in [0.25, 0.3) is 0 Å². The highest BCUT2D eigenvalue weighted by Gasteiger charge is 2.35. The highest BCUT2D eigenvalue weighted by molar-refractivity contribution is 5.84. The van der Waals surface area contributed by atoms with Crippen LogP contribution in [0.4, 0.5) is 10.5 Å². The summed E-state index contributed by atoms with van der Waals surface area (Å²) in [5, 5.41) is 12.4. The number of carbonyl (C=O) groups is 1. The van der Waals surface area contributed by atoms with Crippen molar-refractivity contribution < 1.29 is 14.6 Å². The molecule has 4 nitrogen and oxygen atoms in total. The third-order valence-electron chi connectivity index (χ3n) is 5.06. The van der Waals surface area contributed by atoms with E-state index in [2.05, 4.69) is 17.4 Å². The van der Waals surface area contributed by atoms with Crippen LogP contribution in [0.15, 0.2) is 48.5 Å². The largest absolute Gasteiger partial charge is 0.508 e. The molecule has 0 aromatic heterocycles. The lowest BCUT2D eigenvalue weighted by atomic mass is 9.65. The van der Waals surface area contributed by atoms with Crippen LogP contribution in [0, 0.1) is 0 Å². The minimum Gasteiger partial charge on any atom is -0.508 e. The van der Waals surface area contributed by atoms with Crippen LogP contribution in [0.3, 0.4) is 0 Å². The molecule has 0 heterocycles. The Bertz CT molecular complexity index is 718. The van der Waals surface area contributed by atoms with Crippen molar-refractivity contribution in [2.75, 3.05) is 11.9 Å². The highest BCUT2D eigenvalue weighted by Crippen LogP contribution is 2.45. The quantitative estimate of drug-likeness (QED) is 0.804. The van der Waals surface area contributed by atoms with Crippen molar-refractivity contribution in [3.8, 4) is 5.75 Å². The number of hydrogen-bond acceptors (Lipinski definition) is 3. The van der Waals surface area contributed by atoms with E-state index < -0.39 is 6.09 Å². The number of phenolic OH excluding ortho intramolecular Hbond substituents is 1. The van der Waals surface area contributed by atoms with Gasteiger partial charge in [0.1, 0.15) is 5.75 Å². The predicted octanol–water partition coefficient (Wildman–Crippen LogP) is 5.21. The Kier molecular flexibility index (Phi) is 5.27. The molecule has 1 fully saturated rings. The van der Waals surface area contributed by atoms with Gasteiger partial charge in [-0.05, 0) is 55.2 Å². The molecule has 0 saturated heterocycles. The molecule has 3 rings (SSSR count). The Hall–Kier alpha value is -2.49. The number of nitrogens with one attached hydrogen (secondary N) is 1. The van der Waals surface area contributed by atoms with Crippen molar-refractivity contribution in [2.24, 2.45) is 0 Å². The highest BCUT2D eigenvalue weighted by atomic mass is 16.5. The van der Waals surface area contributed by atoms with Crippen LogP contribution >= 0.6 is 0 Å². The van der Waals surface area contributed by atoms with E-state index in [9.17, 15) is 9.90 Å². The second kappa shape index (κ2) is 7.60. The van der Waals surface area contributed by atoms with E-state index in [1.807, 2.05) is 24.3 Å². The predicted molar refractivity (Wildman–Crippen MR) is 99.1 cm³/mol. The molecule has 1 aliphatic carbocycles. The van der Waals surface area contributed by atoms with Gasteiger partial charge in [0.25, 0.3) is 0 Å². The summed E-state index contributed by atoms with van der Waals surface area (Å²) in [4.78, 5) is 11.7. The SMILES string of the molecule is CCOC(=O)Nc1cccc(C2(c3ccc(O)cc3)CCCCC2)c1. The zero-order valence-corrected chi connectivity index (χ0v) is 14.6. The van der Waals surface area contributed by atoms with E-state index in [4.69, 9.17) is 4.74 Å². The molecule has 132 valence electrons. The van der Waals surface area contributed by atoms with E-state index in [0.29, 0.717) is 6.61 Å². The lowest BCUT2D eigenvalue weighted by Crippen LogP contribution is -2.30. The van der Waals surface area contributed by atoms with Gasteiger partial charge in [-0.25, -0.2) is 4.79 Å². The van der Waals surface area contributed by atoms with Crippen LogP contribution in [0.5, 0.6) is 5.75 Å². The summed E-state index contributed by atoms with van der Waals surface area (Å²) in [5.41, 5.74) is 3.10. The van der Waals surface area contributed by atoms with Crippen LogP contribution in [-0.4, -0.2) is 17.8 Å². The molecule has 0 aliphatic heterocycles. The number of aromatic hydroxyl groups is 1. The number of anilines is 1. The average molecular weight is 339 g/mol. The Morgan fingerprint density at radius 2 is 1.80 bits per heavy atom. The van der Waals surface area contributed by atoms with E-state index in [1.54, 1.807) is 19.1 Å².